The van der Waals surface area contributed by atoms with E-state index in [1.54, 1.807) is 0 Å². The molecule has 9 nitrogen and oxygen atoms in total. The molecular formula is C29H44N3O6P. The largest absolute Gasteiger partial charge is 0.472 e. The van der Waals surface area contributed by atoms with Crippen LogP contribution in [-0.4, -0.2) is 51.4 Å². The molecule has 0 radical (unpaired) electrons. The van der Waals surface area contributed by atoms with Gasteiger partial charge in [-0.3, -0.25) is 9.05 Å². The SMILES string of the molecule is CC1C[C@H](c2ccccc2)O[C@@H]1COP(=O)(O)OCCCCc1cn(C2C[C@H](C3CCCCC3)O[C@@H]2C)nn1. The lowest BCUT2D eigenvalue weighted by atomic mass is 9.84. The van der Waals surface area contributed by atoms with Gasteiger partial charge >= 0.3 is 7.82 Å². The van der Waals surface area contributed by atoms with Crippen molar-refractivity contribution in [2.75, 3.05) is 13.2 Å². The lowest BCUT2D eigenvalue weighted by molar-refractivity contribution is -0.00241. The zero-order valence-corrected chi connectivity index (χ0v) is 24.2. The van der Waals surface area contributed by atoms with Crippen LogP contribution >= 0.6 is 7.82 Å². The summed E-state index contributed by atoms with van der Waals surface area (Å²) in [5, 5.41) is 8.76. The summed E-state index contributed by atoms with van der Waals surface area (Å²) >= 11 is 0. The maximum atomic E-state index is 12.4. The van der Waals surface area contributed by atoms with Crippen LogP contribution in [0.25, 0.3) is 0 Å². The summed E-state index contributed by atoms with van der Waals surface area (Å²) in [5.41, 5.74) is 2.04. The Kier molecular flexibility index (Phi) is 9.91. The van der Waals surface area contributed by atoms with E-state index >= 15 is 0 Å². The van der Waals surface area contributed by atoms with Gasteiger partial charge in [-0.05, 0) is 69.3 Å². The summed E-state index contributed by atoms with van der Waals surface area (Å²) in [6.45, 7) is 4.40. The number of rotatable bonds is 12. The highest BCUT2D eigenvalue weighted by molar-refractivity contribution is 7.47. The molecule has 7 atom stereocenters. The Labute approximate surface area is 232 Å². The highest BCUT2D eigenvalue weighted by atomic mass is 31.2. The molecule has 1 saturated carbocycles. The van der Waals surface area contributed by atoms with Gasteiger partial charge in [0.2, 0.25) is 0 Å². The number of hydrogen-bond donors (Lipinski definition) is 1. The summed E-state index contributed by atoms with van der Waals surface area (Å²) in [5.74, 6) is 0.904. The van der Waals surface area contributed by atoms with E-state index in [0.29, 0.717) is 18.4 Å². The molecule has 2 saturated heterocycles. The Balaban J connectivity index is 0.988. The van der Waals surface area contributed by atoms with Crippen molar-refractivity contribution in [3.8, 4) is 0 Å². The summed E-state index contributed by atoms with van der Waals surface area (Å²) in [7, 11) is -4.14. The van der Waals surface area contributed by atoms with Crippen molar-refractivity contribution in [2.24, 2.45) is 11.8 Å². The second-order valence-electron chi connectivity index (χ2n) is 11.6. The summed E-state index contributed by atoms with van der Waals surface area (Å²) in [6.07, 6.45) is 12.8. The van der Waals surface area contributed by atoms with E-state index in [9.17, 15) is 9.46 Å². The van der Waals surface area contributed by atoms with E-state index in [1.807, 2.05) is 41.2 Å². The Hall–Kier alpha value is -1.61. The standard InChI is InChI=1S/C29H44N3O6P/c1-21-17-27(23-11-5-3-6-12-23)38-29(21)20-36-39(33,34)35-16-10-9-15-25-19-32(31-30-25)26-18-28(37-22(26)2)24-13-7-4-8-14-24/h3,5-6,11-12,19,21-22,24,26-29H,4,7-10,13-18,20H2,1-2H3,(H,33,34)/t21?,22-,26?,27-,28-,29-/m1/s1. The minimum atomic E-state index is -4.14. The van der Waals surface area contributed by atoms with Crippen LogP contribution in [0.5, 0.6) is 0 Å². The number of nitrogens with zero attached hydrogens (tertiary/aromatic N) is 3. The van der Waals surface area contributed by atoms with Gasteiger partial charge in [0.1, 0.15) is 0 Å². The smallest absolute Gasteiger partial charge is 0.373 e. The normalized spacial score (nSPS) is 31.5. The van der Waals surface area contributed by atoms with Crippen LogP contribution in [0.15, 0.2) is 36.5 Å². The van der Waals surface area contributed by atoms with Crippen LogP contribution < -0.4 is 0 Å². The van der Waals surface area contributed by atoms with Crippen molar-refractivity contribution in [1.82, 2.24) is 15.0 Å². The van der Waals surface area contributed by atoms with Crippen LogP contribution in [0.3, 0.4) is 0 Å². The third-order valence-electron chi connectivity index (χ3n) is 8.69. The molecular weight excluding hydrogens is 517 g/mol. The van der Waals surface area contributed by atoms with Gasteiger partial charge in [-0.2, -0.15) is 0 Å². The van der Waals surface area contributed by atoms with Crippen LogP contribution in [0.2, 0.25) is 0 Å². The van der Waals surface area contributed by atoms with Crippen molar-refractivity contribution in [1.29, 1.82) is 0 Å². The number of benzene rings is 1. The van der Waals surface area contributed by atoms with Gasteiger partial charge in [0.05, 0.1) is 49.4 Å². The van der Waals surface area contributed by atoms with Crippen LogP contribution in [0.4, 0.5) is 0 Å². The zero-order valence-electron chi connectivity index (χ0n) is 23.3. The van der Waals surface area contributed by atoms with Crippen molar-refractivity contribution < 1.29 is 28.0 Å². The topological polar surface area (TPSA) is 105 Å². The molecule has 5 rings (SSSR count). The molecule has 3 heterocycles. The van der Waals surface area contributed by atoms with Gasteiger partial charge in [-0.15, -0.1) is 5.10 Å². The van der Waals surface area contributed by atoms with Gasteiger partial charge in [0.25, 0.3) is 0 Å². The number of aryl methyl sites for hydroxylation is 1. The van der Waals surface area contributed by atoms with Crippen molar-refractivity contribution in [3.05, 3.63) is 47.8 Å². The van der Waals surface area contributed by atoms with Gasteiger partial charge in [0, 0.05) is 6.20 Å². The molecule has 3 aliphatic rings. The van der Waals surface area contributed by atoms with Crippen molar-refractivity contribution in [2.45, 2.75) is 109 Å². The third kappa shape index (κ3) is 7.78. The van der Waals surface area contributed by atoms with E-state index in [0.717, 1.165) is 36.9 Å². The van der Waals surface area contributed by atoms with E-state index < -0.39 is 7.82 Å². The fourth-order valence-electron chi connectivity index (χ4n) is 6.34. The summed E-state index contributed by atoms with van der Waals surface area (Å²) in [4.78, 5) is 10.1. The van der Waals surface area contributed by atoms with Crippen LogP contribution in [-0.2, 0) is 29.5 Å². The summed E-state index contributed by atoms with van der Waals surface area (Å²) < 4.78 is 37.3. The van der Waals surface area contributed by atoms with Gasteiger partial charge in [-0.25, -0.2) is 9.25 Å². The highest BCUT2D eigenvalue weighted by Crippen LogP contribution is 2.45. The number of aromatic nitrogens is 3. The second-order valence-corrected chi connectivity index (χ2v) is 13.1. The molecule has 3 fully saturated rings. The number of hydrogen-bond acceptors (Lipinski definition) is 7. The van der Waals surface area contributed by atoms with Crippen molar-refractivity contribution in [3.63, 3.8) is 0 Å². The lowest BCUT2D eigenvalue weighted by Crippen LogP contribution is -2.22. The number of phosphoric acid groups is 1. The first kappa shape index (κ1) is 28.9. The minimum Gasteiger partial charge on any atom is -0.373 e. The van der Waals surface area contributed by atoms with Gasteiger partial charge in [0.15, 0.2) is 0 Å². The Morgan fingerprint density at radius 3 is 2.64 bits per heavy atom. The molecule has 0 spiro atoms. The fraction of sp³-hybridized carbons (Fsp3) is 0.724. The number of ether oxygens (including phenoxy) is 2. The molecule has 2 aliphatic heterocycles. The zero-order chi connectivity index (χ0) is 27.2. The Morgan fingerprint density at radius 2 is 1.85 bits per heavy atom. The predicted octanol–water partition coefficient (Wildman–Crippen LogP) is 6.20. The molecule has 39 heavy (non-hydrogen) atoms. The van der Waals surface area contributed by atoms with E-state index in [-0.39, 0.29) is 43.5 Å². The molecule has 10 heteroatoms. The molecule has 1 N–H and O–H groups in total. The van der Waals surface area contributed by atoms with Crippen LogP contribution in [0, 0.1) is 11.8 Å². The Bertz CT molecular complexity index is 1080. The average molecular weight is 562 g/mol. The maximum Gasteiger partial charge on any atom is 0.472 e. The predicted molar refractivity (Wildman–Crippen MR) is 147 cm³/mol. The maximum absolute atomic E-state index is 12.4. The Morgan fingerprint density at radius 1 is 1.05 bits per heavy atom. The van der Waals surface area contributed by atoms with E-state index in [1.165, 1.54) is 32.1 Å². The molecule has 216 valence electrons. The lowest BCUT2D eigenvalue weighted by Gasteiger charge is -2.26. The molecule has 0 bridgehead atoms. The molecule has 0 amide bonds. The van der Waals surface area contributed by atoms with E-state index in [2.05, 4.69) is 24.2 Å². The van der Waals surface area contributed by atoms with E-state index in [4.69, 9.17) is 18.5 Å². The fourth-order valence-corrected chi connectivity index (χ4v) is 7.11. The molecule has 1 aromatic carbocycles. The third-order valence-corrected chi connectivity index (χ3v) is 9.68. The minimum absolute atomic E-state index is 0.0190. The first-order valence-electron chi connectivity index (χ1n) is 14.8. The first-order valence-corrected chi connectivity index (χ1v) is 16.3. The van der Waals surface area contributed by atoms with Crippen LogP contribution in [0.1, 0.15) is 95.0 Å². The highest BCUT2D eigenvalue weighted by Gasteiger charge is 2.39. The first-order chi connectivity index (χ1) is 18.9. The quantitative estimate of drug-likeness (QED) is 0.241. The van der Waals surface area contributed by atoms with Gasteiger partial charge in [-0.1, -0.05) is 61.7 Å². The van der Waals surface area contributed by atoms with Crippen molar-refractivity contribution >= 4 is 7.82 Å². The molecule has 1 aromatic heterocycles. The molecule has 3 unspecified atom stereocenters. The summed E-state index contributed by atoms with van der Waals surface area (Å²) in [6, 6.07) is 10.3. The van der Waals surface area contributed by atoms with Gasteiger partial charge < -0.3 is 14.4 Å². The molecule has 1 aliphatic carbocycles. The number of unbranched alkanes of at least 4 members (excludes halogenated alkanes) is 1. The second kappa shape index (κ2) is 13.4. The average Bonchev–Trinajstić information content (AvgIpc) is 3.67. The monoisotopic (exact) mass is 561 g/mol. The molecule has 2 aromatic rings. The number of phosphoric ester groups is 1.